The third-order valence-electron chi connectivity index (χ3n) is 11.3. The maximum atomic E-state index is 12.6. The molecule has 0 heterocycles. The van der Waals surface area contributed by atoms with E-state index >= 15 is 0 Å². The fraction of sp³-hybridized carbons (Fsp3) is 0.766. The molecule has 0 aromatic heterocycles. The average molecular weight is 835 g/mol. The van der Waals surface area contributed by atoms with E-state index in [1.807, 2.05) is 12.1 Å². The molecule has 0 spiro atoms. The van der Waals surface area contributed by atoms with E-state index in [2.05, 4.69) is 19.9 Å². The van der Waals surface area contributed by atoms with E-state index in [1.165, 1.54) is 180 Å². The molecule has 0 aliphatic heterocycles. The molecule has 0 amide bonds. The monoisotopic (exact) mass is 835 g/mol. The lowest BCUT2D eigenvalue weighted by Crippen LogP contribution is -2.07. The smallest absolute Gasteiger partial charge is 0.342 e. The lowest BCUT2D eigenvalue weighted by molar-refractivity contribution is 0.0697. The number of fused-ring (bicyclic) bond motifs is 1. The molecule has 4 nitrogen and oxygen atoms in total. The maximum Gasteiger partial charge on any atom is 0.342 e. The molecule has 5 heteroatoms. The Morgan fingerprint density at radius 1 is 0.462 bits per heavy atom. The second-order valence-electron chi connectivity index (χ2n) is 15.9. The van der Waals surface area contributed by atoms with Crippen LogP contribution in [0.3, 0.4) is 0 Å². The summed E-state index contributed by atoms with van der Waals surface area (Å²) in [6.07, 6.45) is 43.8. The lowest BCUT2D eigenvalue weighted by atomic mass is 9.92. The van der Waals surface area contributed by atoms with Gasteiger partial charge in [-0.3, -0.25) is 0 Å². The van der Waals surface area contributed by atoms with Crippen molar-refractivity contribution in [1.82, 2.24) is 0 Å². The van der Waals surface area contributed by atoms with Gasteiger partial charge < -0.3 is 5.11 Å². The highest BCUT2D eigenvalue weighted by Gasteiger charge is 2.23. The number of unbranched alkanes of at least 4 members (excludes halogenated alkanes) is 30. The van der Waals surface area contributed by atoms with Crippen molar-refractivity contribution in [1.29, 1.82) is 0 Å². The molecule has 1 N–H and O–H groups in total. The van der Waals surface area contributed by atoms with Crippen molar-refractivity contribution in [3.8, 4) is 0 Å². The van der Waals surface area contributed by atoms with Crippen LogP contribution in [-0.2, 0) is 19.0 Å². The molecule has 2 rings (SSSR count). The van der Waals surface area contributed by atoms with Crippen LogP contribution in [0.2, 0.25) is 0 Å². The van der Waals surface area contributed by atoms with Crippen LogP contribution in [0.4, 0.5) is 0 Å². The van der Waals surface area contributed by atoms with Crippen LogP contribution in [0.1, 0.15) is 241 Å². The molecule has 298 valence electrons. The highest BCUT2D eigenvalue weighted by atomic mass is 127. The molecule has 2 aromatic carbocycles. The van der Waals surface area contributed by atoms with Crippen molar-refractivity contribution >= 4 is 36.5 Å². The Morgan fingerprint density at radius 2 is 0.788 bits per heavy atom. The predicted molar refractivity (Wildman–Crippen MR) is 231 cm³/mol. The van der Waals surface area contributed by atoms with Gasteiger partial charge in [-0.15, -0.1) is 0 Å². The molecule has 0 bridgehead atoms. The molecular formula is C47H79IO4. The normalized spacial score (nSPS) is 11.7. The van der Waals surface area contributed by atoms with Gasteiger partial charge in [0, 0.05) is 0 Å². The van der Waals surface area contributed by atoms with E-state index < -0.39 is 25.8 Å². The van der Waals surface area contributed by atoms with Crippen LogP contribution in [-0.4, -0.2) is 11.1 Å². The zero-order valence-corrected chi connectivity index (χ0v) is 36.1. The Labute approximate surface area is 327 Å². The summed E-state index contributed by atoms with van der Waals surface area (Å²) in [7, 11) is 0. The van der Waals surface area contributed by atoms with E-state index in [0.717, 1.165) is 48.6 Å². The van der Waals surface area contributed by atoms with Crippen molar-refractivity contribution in [3.63, 3.8) is 0 Å². The highest BCUT2D eigenvalue weighted by molar-refractivity contribution is 14.2. The largest absolute Gasteiger partial charge is 0.478 e. The van der Waals surface area contributed by atoms with Gasteiger partial charge in [0.15, 0.2) is 0 Å². The van der Waals surface area contributed by atoms with Gasteiger partial charge in [0.2, 0.25) is 0 Å². The van der Waals surface area contributed by atoms with Crippen LogP contribution in [0.5, 0.6) is 0 Å². The van der Waals surface area contributed by atoms with Gasteiger partial charge in [-0.1, -0.05) is 225 Å². The molecule has 0 aliphatic carbocycles. The third-order valence-corrected chi connectivity index (χ3v) is 13.4. The third kappa shape index (κ3) is 20.8. The van der Waals surface area contributed by atoms with Crippen molar-refractivity contribution in [3.05, 3.63) is 44.5 Å². The molecule has 52 heavy (non-hydrogen) atoms. The van der Waals surface area contributed by atoms with E-state index in [-0.39, 0.29) is 9.13 Å². The average Bonchev–Trinajstić information content (AvgIpc) is 3.13. The summed E-state index contributed by atoms with van der Waals surface area (Å²) in [6.45, 7) is 4.56. The van der Waals surface area contributed by atoms with Crippen LogP contribution >= 0.6 is 19.8 Å². The SMILES string of the molecule is CCCCCCCCCCCCCCCCCCc1cc2c(CCCCCCCCCCCCCCCCCC)cccc2c(C(=O)O)c1I(=O)=O. The van der Waals surface area contributed by atoms with Gasteiger partial charge in [0.05, 0.1) is 9.13 Å². The van der Waals surface area contributed by atoms with Crippen molar-refractivity contribution < 1.29 is 16.0 Å². The minimum atomic E-state index is -4.02. The number of carbonyl (C=O) groups is 1. The van der Waals surface area contributed by atoms with E-state index in [0.29, 0.717) is 11.8 Å². The summed E-state index contributed by atoms with van der Waals surface area (Å²) in [5.41, 5.74) is 1.89. The fourth-order valence-electron chi connectivity index (χ4n) is 8.03. The summed E-state index contributed by atoms with van der Waals surface area (Å²) >= 11 is -4.02. The number of rotatable bonds is 36. The molecule has 0 fully saturated rings. The van der Waals surface area contributed by atoms with Crippen LogP contribution in [0.25, 0.3) is 10.8 Å². The van der Waals surface area contributed by atoms with Crippen molar-refractivity contribution in [2.45, 2.75) is 232 Å². The minimum Gasteiger partial charge on any atom is -0.478 e. The van der Waals surface area contributed by atoms with E-state index in [1.54, 1.807) is 6.07 Å². The Hall–Kier alpha value is -1.50. The number of aryl methyl sites for hydroxylation is 2. The number of halogens is 1. The van der Waals surface area contributed by atoms with Crippen molar-refractivity contribution in [2.24, 2.45) is 0 Å². The lowest BCUT2D eigenvalue weighted by Gasteiger charge is -2.14. The number of hydrogen-bond acceptors (Lipinski definition) is 3. The first kappa shape index (κ1) is 46.7. The Balaban J connectivity index is 1.72. The van der Waals surface area contributed by atoms with E-state index in [9.17, 15) is 16.0 Å². The minimum absolute atomic E-state index is 0.00742. The Kier molecular flexibility index (Phi) is 28.5. The second-order valence-corrected chi connectivity index (χ2v) is 18.2. The highest BCUT2D eigenvalue weighted by Crippen LogP contribution is 2.35. The summed E-state index contributed by atoms with van der Waals surface area (Å²) in [5.74, 6) is -1.12. The first-order valence-electron chi connectivity index (χ1n) is 22.4. The topological polar surface area (TPSA) is 71.4 Å². The quantitative estimate of drug-likeness (QED) is 0.0548. The Bertz CT molecular complexity index is 1260. The number of hydrogen-bond donors (Lipinski definition) is 1. The molecule has 0 atom stereocenters. The first-order chi connectivity index (χ1) is 25.5. The van der Waals surface area contributed by atoms with Gasteiger partial charge in [0.1, 0.15) is 0 Å². The number of benzene rings is 2. The van der Waals surface area contributed by atoms with Crippen LogP contribution in [0, 0.1) is 3.57 Å². The van der Waals surface area contributed by atoms with Gasteiger partial charge in [-0.2, -0.15) is 0 Å². The number of carboxylic acids is 1. The Morgan fingerprint density at radius 3 is 1.12 bits per heavy atom. The van der Waals surface area contributed by atoms with Crippen molar-refractivity contribution in [2.75, 3.05) is 0 Å². The number of aromatic carboxylic acids is 1. The van der Waals surface area contributed by atoms with Gasteiger partial charge in [-0.25, -0.2) is 10.9 Å². The molecule has 0 radical (unpaired) electrons. The molecule has 0 saturated heterocycles. The zero-order valence-electron chi connectivity index (χ0n) is 33.9. The molecular weight excluding hydrogens is 755 g/mol. The van der Waals surface area contributed by atoms with Crippen LogP contribution in [0.15, 0.2) is 24.3 Å². The summed E-state index contributed by atoms with van der Waals surface area (Å²) in [6, 6.07) is 7.85. The van der Waals surface area contributed by atoms with Gasteiger partial charge in [0.25, 0.3) is 0 Å². The van der Waals surface area contributed by atoms with Crippen LogP contribution < -0.4 is 0 Å². The molecule has 0 unspecified atom stereocenters. The second kappa shape index (κ2) is 31.8. The van der Waals surface area contributed by atoms with Gasteiger partial charge in [-0.05, 0) is 53.6 Å². The predicted octanol–water partition coefficient (Wildman–Crippen LogP) is 16.5. The summed E-state index contributed by atoms with van der Waals surface area (Å²) in [4.78, 5) is 12.5. The zero-order chi connectivity index (χ0) is 37.5. The standard InChI is InChI=1S/C47H79IO4/c1-3-5-7-9-11-13-15-17-19-21-23-25-27-29-31-33-36-41-38-35-39-43-44(41)40-42(46(48(51)52)45(43)47(49)50)37-34-32-30-28-26-24-22-20-18-16-14-12-10-8-6-4-2/h35,38-40H,3-34,36-37H2,1-2H3,(H,49,50). The summed E-state index contributed by atoms with van der Waals surface area (Å²) < 4.78 is 25.2. The molecule has 0 aliphatic rings. The maximum absolute atomic E-state index is 12.6. The number of carboxylic acid groups (broad SMARTS) is 1. The first-order valence-corrected chi connectivity index (χ1v) is 25.2. The molecule has 2 aromatic rings. The van der Waals surface area contributed by atoms with E-state index in [4.69, 9.17) is 0 Å². The van der Waals surface area contributed by atoms with Gasteiger partial charge >= 0.3 is 25.8 Å². The fourth-order valence-corrected chi connectivity index (χ4v) is 9.98. The summed E-state index contributed by atoms with van der Waals surface area (Å²) in [5, 5.41) is 11.7. The molecule has 0 saturated carbocycles.